The van der Waals surface area contributed by atoms with Gasteiger partial charge in [0.2, 0.25) is 5.91 Å². The molecule has 34 heavy (non-hydrogen) atoms. The van der Waals surface area contributed by atoms with Crippen LogP contribution in [0.25, 0.3) is 10.2 Å². The van der Waals surface area contributed by atoms with Crippen molar-refractivity contribution in [2.24, 2.45) is 0 Å². The monoisotopic (exact) mass is 477 g/mol. The SMILES string of the molecule is CCc1cc2c(cc3n2C[C@@](C)(C(=O)NC2CCCCCC2)N(c2cc(C)cc(C)c2)C3=O)s1. The van der Waals surface area contributed by atoms with E-state index in [9.17, 15) is 9.59 Å². The molecule has 1 N–H and O–H groups in total. The number of rotatable bonds is 4. The van der Waals surface area contributed by atoms with Gasteiger partial charge in [-0.1, -0.05) is 38.7 Å². The average Bonchev–Trinajstić information content (AvgIpc) is 3.22. The van der Waals surface area contributed by atoms with Crippen LogP contribution in [0.3, 0.4) is 0 Å². The number of thiophene rings is 1. The first-order valence-electron chi connectivity index (χ1n) is 12.7. The van der Waals surface area contributed by atoms with E-state index in [4.69, 9.17) is 0 Å². The van der Waals surface area contributed by atoms with Gasteiger partial charge in [-0.15, -0.1) is 11.3 Å². The summed E-state index contributed by atoms with van der Waals surface area (Å²) in [6.07, 6.45) is 7.78. The van der Waals surface area contributed by atoms with E-state index in [1.54, 1.807) is 16.2 Å². The van der Waals surface area contributed by atoms with Gasteiger partial charge in [-0.2, -0.15) is 0 Å². The minimum atomic E-state index is -1.02. The fourth-order valence-electron chi connectivity index (χ4n) is 5.75. The molecule has 2 aromatic heterocycles. The van der Waals surface area contributed by atoms with Crippen LogP contribution < -0.4 is 10.2 Å². The van der Waals surface area contributed by atoms with E-state index in [0.717, 1.165) is 59.1 Å². The number of amides is 2. The molecule has 1 saturated carbocycles. The van der Waals surface area contributed by atoms with Crippen LogP contribution in [0.4, 0.5) is 5.69 Å². The number of aromatic nitrogens is 1. The standard InChI is InChI=1S/C28H35N3O2S/c1-5-22-15-23-25(34-22)16-24-26(32)31(21-13-18(2)12-19(3)14-21)28(4,17-30(23)24)27(33)29-20-10-8-6-7-9-11-20/h12-16,20H,5-11,17H2,1-4H3,(H,29,33)/t28-/m0/s1. The fraction of sp³-hybridized carbons (Fsp3) is 0.500. The lowest BCUT2D eigenvalue weighted by Gasteiger charge is -2.44. The van der Waals surface area contributed by atoms with E-state index in [1.807, 2.05) is 39.0 Å². The molecule has 0 saturated heterocycles. The van der Waals surface area contributed by atoms with E-state index < -0.39 is 5.54 Å². The van der Waals surface area contributed by atoms with Gasteiger partial charge in [0.25, 0.3) is 5.91 Å². The third-order valence-corrected chi connectivity index (χ3v) is 8.73. The molecule has 0 radical (unpaired) electrons. The molecule has 1 aromatic carbocycles. The van der Waals surface area contributed by atoms with Crippen molar-refractivity contribution < 1.29 is 9.59 Å². The second-order valence-electron chi connectivity index (χ2n) is 10.4. The molecular formula is C28H35N3O2S. The summed E-state index contributed by atoms with van der Waals surface area (Å²) in [4.78, 5) is 31.1. The van der Waals surface area contributed by atoms with Crippen LogP contribution in [-0.2, 0) is 17.8 Å². The zero-order chi connectivity index (χ0) is 24.0. The topological polar surface area (TPSA) is 54.3 Å². The molecule has 3 heterocycles. The highest BCUT2D eigenvalue weighted by Crippen LogP contribution is 2.39. The Labute approximate surface area is 206 Å². The van der Waals surface area contributed by atoms with Crippen molar-refractivity contribution in [3.05, 3.63) is 52.0 Å². The van der Waals surface area contributed by atoms with E-state index in [0.29, 0.717) is 12.2 Å². The molecule has 6 heteroatoms. The Hall–Kier alpha value is -2.60. The first-order valence-corrected chi connectivity index (χ1v) is 13.5. The first-order chi connectivity index (χ1) is 16.3. The van der Waals surface area contributed by atoms with Crippen molar-refractivity contribution in [2.75, 3.05) is 4.90 Å². The summed E-state index contributed by atoms with van der Waals surface area (Å²) in [5.74, 6) is -0.151. The zero-order valence-electron chi connectivity index (χ0n) is 20.7. The van der Waals surface area contributed by atoms with E-state index in [2.05, 4.69) is 28.9 Å². The number of carbonyl (C=O) groups excluding carboxylic acids is 2. The highest BCUT2D eigenvalue weighted by molar-refractivity contribution is 7.19. The van der Waals surface area contributed by atoms with Crippen LogP contribution in [0.1, 0.15) is 78.9 Å². The maximum Gasteiger partial charge on any atom is 0.275 e. The van der Waals surface area contributed by atoms with Gasteiger partial charge >= 0.3 is 0 Å². The second kappa shape index (κ2) is 8.88. The number of hydrogen-bond acceptors (Lipinski definition) is 3. The lowest BCUT2D eigenvalue weighted by molar-refractivity contribution is -0.127. The van der Waals surface area contributed by atoms with Crippen molar-refractivity contribution in [1.82, 2.24) is 9.88 Å². The molecule has 180 valence electrons. The lowest BCUT2D eigenvalue weighted by Crippen LogP contribution is -2.65. The van der Waals surface area contributed by atoms with Crippen molar-refractivity contribution in [1.29, 1.82) is 0 Å². The van der Waals surface area contributed by atoms with Gasteiger partial charge in [0, 0.05) is 16.6 Å². The van der Waals surface area contributed by atoms with Crippen molar-refractivity contribution >= 4 is 39.1 Å². The summed E-state index contributed by atoms with van der Waals surface area (Å²) >= 11 is 1.74. The van der Waals surface area contributed by atoms with Crippen LogP contribution >= 0.6 is 11.3 Å². The Morgan fingerprint density at radius 3 is 2.38 bits per heavy atom. The van der Waals surface area contributed by atoms with E-state index in [-0.39, 0.29) is 17.9 Å². The normalized spacial score (nSPS) is 21.5. The number of hydrogen-bond donors (Lipinski definition) is 1. The van der Waals surface area contributed by atoms with Crippen LogP contribution in [0.5, 0.6) is 0 Å². The summed E-state index contributed by atoms with van der Waals surface area (Å²) in [7, 11) is 0. The van der Waals surface area contributed by atoms with Crippen LogP contribution in [0.15, 0.2) is 30.3 Å². The smallest absolute Gasteiger partial charge is 0.275 e. The zero-order valence-corrected chi connectivity index (χ0v) is 21.6. The molecule has 1 aliphatic carbocycles. The molecule has 0 spiro atoms. The minimum Gasteiger partial charge on any atom is -0.351 e. The summed E-state index contributed by atoms with van der Waals surface area (Å²) in [5, 5.41) is 3.36. The molecule has 0 unspecified atom stereocenters. The number of aryl methyl sites for hydroxylation is 3. The highest BCUT2D eigenvalue weighted by Gasteiger charge is 2.49. The maximum absolute atomic E-state index is 14.1. The predicted octanol–water partition coefficient (Wildman–Crippen LogP) is 6.14. The van der Waals surface area contributed by atoms with Gasteiger partial charge in [0.1, 0.15) is 11.2 Å². The van der Waals surface area contributed by atoms with Gasteiger partial charge in [-0.25, -0.2) is 0 Å². The van der Waals surface area contributed by atoms with Gasteiger partial charge in [-0.3, -0.25) is 14.5 Å². The predicted molar refractivity (Wildman–Crippen MR) is 140 cm³/mol. The van der Waals surface area contributed by atoms with Crippen LogP contribution in [-0.4, -0.2) is 28.0 Å². The summed E-state index contributed by atoms with van der Waals surface area (Å²) in [6, 6.07) is 10.5. The lowest BCUT2D eigenvalue weighted by atomic mass is 9.92. The maximum atomic E-state index is 14.1. The summed E-state index contributed by atoms with van der Waals surface area (Å²) in [6.45, 7) is 8.62. The Morgan fingerprint density at radius 2 is 1.74 bits per heavy atom. The number of benzene rings is 1. The molecular weight excluding hydrogens is 442 g/mol. The third-order valence-electron chi connectivity index (χ3n) is 7.52. The first kappa shape index (κ1) is 23.2. The Bertz CT molecular complexity index is 1230. The minimum absolute atomic E-state index is 0.0506. The molecule has 2 amide bonds. The van der Waals surface area contributed by atoms with Crippen LogP contribution in [0.2, 0.25) is 0 Å². The summed E-state index contributed by atoms with van der Waals surface area (Å²) < 4.78 is 3.20. The number of nitrogens with one attached hydrogen (secondary N) is 1. The summed E-state index contributed by atoms with van der Waals surface area (Å²) in [5.41, 5.74) is 3.69. The molecule has 1 aliphatic heterocycles. The Morgan fingerprint density at radius 1 is 1.06 bits per heavy atom. The fourth-order valence-corrected chi connectivity index (χ4v) is 6.79. The van der Waals surface area contributed by atoms with E-state index in [1.165, 1.54) is 17.7 Å². The van der Waals surface area contributed by atoms with E-state index >= 15 is 0 Å². The number of anilines is 1. The van der Waals surface area contributed by atoms with Crippen LogP contribution in [0, 0.1) is 13.8 Å². The largest absolute Gasteiger partial charge is 0.351 e. The van der Waals surface area contributed by atoms with Gasteiger partial charge < -0.3 is 9.88 Å². The molecule has 2 aliphatic rings. The average molecular weight is 478 g/mol. The second-order valence-corrected chi connectivity index (χ2v) is 11.5. The Balaban J connectivity index is 1.61. The van der Waals surface area contributed by atoms with Gasteiger partial charge in [-0.05, 0) is 75.4 Å². The van der Waals surface area contributed by atoms with Crippen molar-refractivity contribution in [2.45, 2.75) is 90.8 Å². The Kier molecular flexibility index (Phi) is 6.05. The number of fused-ring (bicyclic) bond motifs is 3. The van der Waals surface area contributed by atoms with Gasteiger partial charge in [0.05, 0.1) is 16.8 Å². The highest BCUT2D eigenvalue weighted by atomic mass is 32.1. The quantitative estimate of drug-likeness (QED) is 0.459. The van der Waals surface area contributed by atoms with Crippen molar-refractivity contribution in [3.63, 3.8) is 0 Å². The number of nitrogens with zero attached hydrogens (tertiary/aromatic N) is 2. The molecule has 3 aromatic rings. The van der Waals surface area contributed by atoms with Gasteiger partial charge in [0.15, 0.2) is 0 Å². The molecule has 5 nitrogen and oxygen atoms in total. The number of carbonyl (C=O) groups is 2. The molecule has 5 rings (SSSR count). The van der Waals surface area contributed by atoms with Crippen molar-refractivity contribution in [3.8, 4) is 0 Å². The molecule has 1 fully saturated rings. The molecule has 1 atom stereocenters. The molecule has 0 bridgehead atoms. The third kappa shape index (κ3) is 3.96.